The van der Waals surface area contributed by atoms with Gasteiger partial charge in [-0.15, -0.1) is 0 Å². The van der Waals surface area contributed by atoms with Crippen molar-refractivity contribution in [1.82, 2.24) is 9.97 Å². The summed E-state index contributed by atoms with van der Waals surface area (Å²) < 4.78 is 5.08. The Bertz CT molecular complexity index is 446. The van der Waals surface area contributed by atoms with E-state index in [9.17, 15) is 0 Å². The van der Waals surface area contributed by atoms with Crippen LogP contribution >= 0.6 is 0 Å². The van der Waals surface area contributed by atoms with Crippen molar-refractivity contribution in [1.29, 1.82) is 5.26 Å². The van der Waals surface area contributed by atoms with E-state index in [1.54, 1.807) is 6.20 Å². The Morgan fingerprint density at radius 2 is 2.25 bits per heavy atom. The maximum absolute atomic E-state index is 8.94. The van der Waals surface area contributed by atoms with Gasteiger partial charge < -0.3 is 10.1 Å². The Balaban J connectivity index is 1.86. The first-order chi connectivity index (χ1) is 7.86. The van der Waals surface area contributed by atoms with Gasteiger partial charge in [0.05, 0.1) is 31.1 Å². The zero-order chi connectivity index (χ0) is 11.0. The van der Waals surface area contributed by atoms with Gasteiger partial charge in [0, 0.05) is 5.92 Å². The smallest absolute Gasteiger partial charge is 0.183 e. The van der Waals surface area contributed by atoms with E-state index in [1.807, 2.05) is 0 Å². The lowest BCUT2D eigenvalue weighted by Crippen LogP contribution is -2.40. The predicted molar refractivity (Wildman–Crippen MR) is 57.0 cm³/mol. The van der Waals surface area contributed by atoms with Crippen molar-refractivity contribution < 1.29 is 4.74 Å². The van der Waals surface area contributed by atoms with Crippen LogP contribution in [0.25, 0.3) is 0 Å². The lowest BCUT2D eigenvalue weighted by atomic mass is 10.2. The molecule has 82 valence electrons. The number of hydrogen-bond acceptors (Lipinski definition) is 5. The first-order valence-electron chi connectivity index (χ1n) is 5.48. The first kappa shape index (κ1) is 9.55. The lowest BCUT2D eigenvalue weighted by molar-refractivity contribution is 0.0209. The fraction of sp³-hybridized carbons (Fsp3) is 0.545. The van der Waals surface area contributed by atoms with Crippen molar-refractivity contribution in [3.8, 4) is 6.07 Å². The SMILES string of the molecule is N#Cc1ncc(C2CC2)nc1NC1COC1. The molecule has 5 heteroatoms. The van der Waals surface area contributed by atoms with Crippen molar-refractivity contribution in [3.63, 3.8) is 0 Å². The van der Waals surface area contributed by atoms with Gasteiger partial charge in [-0.1, -0.05) is 0 Å². The summed E-state index contributed by atoms with van der Waals surface area (Å²) in [6, 6.07) is 2.33. The van der Waals surface area contributed by atoms with E-state index >= 15 is 0 Å². The van der Waals surface area contributed by atoms with Gasteiger partial charge in [0.2, 0.25) is 0 Å². The number of hydrogen-bond donors (Lipinski definition) is 1. The molecule has 2 fully saturated rings. The zero-order valence-corrected chi connectivity index (χ0v) is 8.81. The number of nitrogens with zero attached hydrogens (tertiary/aromatic N) is 3. The minimum absolute atomic E-state index is 0.274. The van der Waals surface area contributed by atoms with E-state index in [2.05, 4.69) is 21.4 Å². The van der Waals surface area contributed by atoms with Crippen LogP contribution in [0.1, 0.15) is 30.1 Å². The molecular weight excluding hydrogens is 204 g/mol. The van der Waals surface area contributed by atoms with Gasteiger partial charge in [-0.25, -0.2) is 9.97 Å². The zero-order valence-electron chi connectivity index (χ0n) is 8.81. The van der Waals surface area contributed by atoms with Gasteiger partial charge in [0.15, 0.2) is 11.5 Å². The Kier molecular flexibility index (Phi) is 2.22. The normalized spacial score (nSPS) is 19.9. The molecule has 1 aliphatic heterocycles. The van der Waals surface area contributed by atoms with Crippen molar-refractivity contribution in [2.75, 3.05) is 18.5 Å². The van der Waals surface area contributed by atoms with Crippen molar-refractivity contribution in [2.45, 2.75) is 24.8 Å². The van der Waals surface area contributed by atoms with E-state index in [-0.39, 0.29) is 6.04 Å². The molecule has 3 rings (SSSR count). The highest BCUT2D eigenvalue weighted by atomic mass is 16.5. The largest absolute Gasteiger partial charge is 0.377 e. The summed E-state index contributed by atoms with van der Waals surface area (Å²) in [6.07, 6.45) is 4.10. The van der Waals surface area contributed by atoms with Crippen molar-refractivity contribution >= 4 is 5.82 Å². The van der Waals surface area contributed by atoms with Gasteiger partial charge >= 0.3 is 0 Å². The minimum Gasteiger partial charge on any atom is -0.377 e. The Labute approximate surface area is 93.5 Å². The fourth-order valence-corrected chi connectivity index (χ4v) is 1.67. The molecule has 0 bridgehead atoms. The van der Waals surface area contributed by atoms with Gasteiger partial charge in [-0.3, -0.25) is 0 Å². The molecule has 1 aliphatic carbocycles. The molecule has 0 radical (unpaired) electrons. The Morgan fingerprint density at radius 1 is 1.44 bits per heavy atom. The second kappa shape index (κ2) is 3.72. The quantitative estimate of drug-likeness (QED) is 0.817. The lowest BCUT2D eigenvalue weighted by Gasteiger charge is -2.27. The number of ether oxygens (including phenoxy) is 1. The van der Waals surface area contributed by atoms with E-state index in [1.165, 1.54) is 12.8 Å². The van der Waals surface area contributed by atoms with E-state index in [4.69, 9.17) is 10.00 Å². The van der Waals surface area contributed by atoms with E-state index < -0.39 is 0 Å². The molecule has 1 saturated carbocycles. The summed E-state index contributed by atoms with van der Waals surface area (Å²) >= 11 is 0. The number of aromatic nitrogens is 2. The summed E-state index contributed by atoms with van der Waals surface area (Å²) in [6.45, 7) is 1.36. The van der Waals surface area contributed by atoms with Gasteiger partial charge in [0.25, 0.3) is 0 Å². The summed E-state index contributed by atoms with van der Waals surface area (Å²) in [5.74, 6) is 1.17. The van der Waals surface area contributed by atoms with Crippen LogP contribution in [0.15, 0.2) is 6.20 Å². The van der Waals surface area contributed by atoms with Gasteiger partial charge in [0.1, 0.15) is 6.07 Å². The van der Waals surface area contributed by atoms with Crippen LogP contribution in [0.5, 0.6) is 0 Å². The van der Waals surface area contributed by atoms with E-state index in [0.717, 1.165) is 5.69 Å². The average Bonchev–Trinajstić information content (AvgIpc) is 3.07. The van der Waals surface area contributed by atoms with Crippen molar-refractivity contribution in [2.24, 2.45) is 0 Å². The summed E-state index contributed by atoms with van der Waals surface area (Å²) in [5.41, 5.74) is 1.37. The second-order valence-electron chi connectivity index (χ2n) is 4.26. The van der Waals surface area contributed by atoms with E-state index in [0.29, 0.717) is 30.6 Å². The molecule has 0 aromatic carbocycles. The van der Waals surface area contributed by atoms with Gasteiger partial charge in [-0.2, -0.15) is 5.26 Å². The highest BCUT2D eigenvalue weighted by molar-refractivity contribution is 5.49. The van der Waals surface area contributed by atoms with Crippen molar-refractivity contribution in [3.05, 3.63) is 17.6 Å². The average molecular weight is 216 g/mol. The molecule has 1 aromatic rings. The molecule has 1 aromatic heterocycles. The molecule has 2 aliphatic rings. The third-order valence-electron chi connectivity index (χ3n) is 2.87. The number of nitriles is 1. The summed E-state index contributed by atoms with van der Waals surface area (Å²) in [5, 5.41) is 12.1. The topological polar surface area (TPSA) is 70.8 Å². The Hall–Kier alpha value is -1.67. The van der Waals surface area contributed by atoms with Crippen LogP contribution in [-0.2, 0) is 4.74 Å². The monoisotopic (exact) mass is 216 g/mol. The molecule has 2 heterocycles. The summed E-state index contributed by atoms with van der Waals surface area (Å²) in [4.78, 5) is 8.62. The van der Waals surface area contributed by atoms with Gasteiger partial charge in [-0.05, 0) is 12.8 Å². The number of anilines is 1. The van der Waals surface area contributed by atoms with Crippen LogP contribution in [-0.4, -0.2) is 29.2 Å². The number of nitrogens with one attached hydrogen (secondary N) is 1. The van der Waals surface area contributed by atoms with Crippen LogP contribution in [0.2, 0.25) is 0 Å². The highest BCUT2D eigenvalue weighted by Crippen LogP contribution is 2.39. The molecule has 5 nitrogen and oxygen atoms in total. The predicted octanol–water partition coefficient (Wildman–Crippen LogP) is 1.04. The fourth-order valence-electron chi connectivity index (χ4n) is 1.67. The molecule has 0 spiro atoms. The molecule has 0 unspecified atom stereocenters. The first-order valence-corrected chi connectivity index (χ1v) is 5.48. The van der Waals surface area contributed by atoms with Crippen LogP contribution in [0, 0.1) is 11.3 Å². The molecule has 1 saturated heterocycles. The third-order valence-corrected chi connectivity index (χ3v) is 2.87. The maximum Gasteiger partial charge on any atom is 0.183 e. The standard InChI is InChI=1S/C11H12N4O/c12-3-9-11(14-8-5-16-6-8)15-10(4-13-9)7-1-2-7/h4,7-8H,1-2,5-6H2,(H,14,15). The highest BCUT2D eigenvalue weighted by Gasteiger charge is 2.27. The van der Waals surface area contributed by atoms with Crippen LogP contribution < -0.4 is 5.32 Å². The molecular formula is C11H12N4O. The van der Waals surface area contributed by atoms with Crippen LogP contribution in [0.4, 0.5) is 5.82 Å². The van der Waals surface area contributed by atoms with Crippen LogP contribution in [0.3, 0.4) is 0 Å². The Morgan fingerprint density at radius 3 is 2.81 bits per heavy atom. The third kappa shape index (κ3) is 1.72. The minimum atomic E-state index is 0.274. The maximum atomic E-state index is 8.94. The second-order valence-corrected chi connectivity index (χ2v) is 4.26. The molecule has 16 heavy (non-hydrogen) atoms. The number of rotatable bonds is 3. The molecule has 1 N–H and O–H groups in total. The molecule has 0 atom stereocenters. The molecule has 0 amide bonds. The summed E-state index contributed by atoms with van der Waals surface area (Å²) in [7, 11) is 0.